The molecule has 2 aromatic heterocycles. The quantitative estimate of drug-likeness (QED) is 0.901. The summed E-state index contributed by atoms with van der Waals surface area (Å²) in [5.74, 6) is 0. The Balaban J connectivity index is 1.86. The zero-order valence-electron chi connectivity index (χ0n) is 11.3. The van der Waals surface area contributed by atoms with Crippen molar-refractivity contribution in [2.24, 2.45) is 5.73 Å². The topological polar surface area (TPSA) is 38.9 Å². The summed E-state index contributed by atoms with van der Waals surface area (Å²) < 4.78 is 0. The third-order valence-electron chi connectivity index (χ3n) is 3.94. The molecule has 0 aliphatic heterocycles. The summed E-state index contributed by atoms with van der Waals surface area (Å²) in [5, 5.41) is 3.30. The Morgan fingerprint density at radius 3 is 2.74 bits per heavy atom. The van der Waals surface area contributed by atoms with Gasteiger partial charge in [-0.05, 0) is 31.4 Å². The lowest BCUT2D eigenvalue weighted by atomic mass is 9.83. The summed E-state index contributed by atoms with van der Waals surface area (Å²) >= 11 is 3.59. The lowest BCUT2D eigenvalue weighted by molar-refractivity contribution is 0.301. The average Bonchev–Trinajstić information content (AvgIpc) is 3.08. The summed E-state index contributed by atoms with van der Waals surface area (Å²) in [4.78, 5) is 7.53. The number of hydrogen-bond donors (Lipinski definition) is 1. The SMILES string of the molecule is CCc1ccc(-c2csc(C3(N)CCCCC3)n2)s1. The number of rotatable bonds is 3. The maximum Gasteiger partial charge on any atom is 0.113 e. The molecule has 3 rings (SSSR count). The Bertz CT molecular complexity index is 550. The van der Waals surface area contributed by atoms with E-state index in [4.69, 9.17) is 10.7 Å². The van der Waals surface area contributed by atoms with Crippen molar-refractivity contribution < 1.29 is 0 Å². The van der Waals surface area contributed by atoms with E-state index < -0.39 is 0 Å². The summed E-state index contributed by atoms with van der Waals surface area (Å²) in [7, 11) is 0. The highest BCUT2D eigenvalue weighted by atomic mass is 32.1. The second-order valence-corrected chi connectivity index (χ2v) is 7.40. The van der Waals surface area contributed by atoms with E-state index in [0.717, 1.165) is 30.0 Å². The Labute approximate surface area is 122 Å². The summed E-state index contributed by atoms with van der Waals surface area (Å²) in [5.41, 5.74) is 7.50. The first-order chi connectivity index (χ1) is 9.21. The van der Waals surface area contributed by atoms with Crippen molar-refractivity contribution in [2.75, 3.05) is 0 Å². The Morgan fingerprint density at radius 1 is 1.26 bits per heavy atom. The highest BCUT2D eigenvalue weighted by Gasteiger charge is 2.32. The molecule has 2 N–H and O–H groups in total. The molecular formula is C15H20N2S2. The van der Waals surface area contributed by atoms with Crippen molar-refractivity contribution in [2.45, 2.75) is 51.0 Å². The van der Waals surface area contributed by atoms with E-state index in [9.17, 15) is 0 Å². The Kier molecular flexibility index (Phi) is 3.74. The van der Waals surface area contributed by atoms with E-state index >= 15 is 0 Å². The highest BCUT2D eigenvalue weighted by molar-refractivity contribution is 7.16. The van der Waals surface area contributed by atoms with Crippen molar-refractivity contribution in [3.8, 4) is 10.6 Å². The number of aryl methyl sites for hydroxylation is 1. The number of nitrogens with zero attached hydrogens (tertiary/aromatic N) is 1. The van der Waals surface area contributed by atoms with Gasteiger partial charge in [-0.3, -0.25) is 0 Å². The van der Waals surface area contributed by atoms with Crippen LogP contribution in [0.15, 0.2) is 17.5 Å². The Hall–Kier alpha value is -0.710. The van der Waals surface area contributed by atoms with E-state index in [2.05, 4.69) is 24.4 Å². The van der Waals surface area contributed by atoms with Crippen LogP contribution in [0.2, 0.25) is 0 Å². The van der Waals surface area contributed by atoms with Crippen LogP contribution in [0.1, 0.15) is 48.9 Å². The number of nitrogens with two attached hydrogens (primary N) is 1. The van der Waals surface area contributed by atoms with Crippen LogP contribution in [-0.2, 0) is 12.0 Å². The molecule has 0 amide bonds. The number of aromatic nitrogens is 1. The zero-order chi connectivity index (χ0) is 13.3. The summed E-state index contributed by atoms with van der Waals surface area (Å²) in [6.45, 7) is 2.19. The highest BCUT2D eigenvalue weighted by Crippen LogP contribution is 2.38. The van der Waals surface area contributed by atoms with E-state index in [1.165, 1.54) is 29.0 Å². The van der Waals surface area contributed by atoms with Gasteiger partial charge in [-0.25, -0.2) is 4.98 Å². The molecule has 2 aromatic rings. The molecular weight excluding hydrogens is 272 g/mol. The van der Waals surface area contributed by atoms with Gasteiger partial charge in [-0.1, -0.05) is 26.2 Å². The molecule has 4 heteroatoms. The predicted octanol–water partition coefficient (Wildman–Crippen LogP) is 4.55. The van der Waals surface area contributed by atoms with Gasteiger partial charge in [0.1, 0.15) is 5.01 Å². The van der Waals surface area contributed by atoms with Crippen molar-refractivity contribution >= 4 is 22.7 Å². The van der Waals surface area contributed by atoms with E-state index in [0.29, 0.717) is 0 Å². The van der Waals surface area contributed by atoms with Crippen molar-refractivity contribution in [3.05, 3.63) is 27.4 Å². The first-order valence-electron chi connectivity index (χ1n) is 7.05. The van der Waals surface area contributed by atoms with Crippen LogP contribution in [-0.4, -0.2) is 4.98 Å². The lowest BCUT2D eigenvalue weighted by Crippen LogP contribution is -2.38. The first-order valence-corrected chi connectivity index (χ1v) is 8.75. The summed E-state index contributed by atoms with van der Waals surface area (Å²) in [6.07, 6.45) is 7.08. The maximum atomic E-state index is 6.55. The predicted molar refractivity (Wildman–Crippen MR) is 83.8 cm³/mol. The molecule has 1 fully saturated rings. The van der Waals surface area contributed by atoms with Gasteiger partial charge in [0.15, 0.2) is 0 Å². The third-order valence-corrected chi connectivity index (χ3v) is 6.25. The fourth-order valence-corrected chi connectivity index (χ4v) is 4.69. The van der Waals surface area contributed by atoms with Gasteiger partial charge >= 0.3 is 0 Å². The molecule has 0 atom stereocenters. The average molecular weight is 292 g/mol. The van der Waals surface area contributed by atoms with Gasteiger partial charge in [-0.15, -0.1) is 22.7 Å². The largest absolute Gasteiger partial charge is 0.319 e. The second kappa shape index (κ2) is 5.35. The standard InChI is InChI=1S/C15H20N2S2/c1-2-11-6-7-13(19-11)12-10-18-14(17-12)15(16)8-4-3-5-9-15/h6-7,10H,2-5,8-9,16H2,1H3. The van der Waals surface area contributed by atoms with Crippen LogP contribution in [0.3, 0.4) is 0 Å². The smallest absolute Gasteiger partial charge is 0.113 e. The molecule has 0 saturated heterocycles. The van der Waals surface area contributed by atoms with Gasteiger partial charge in [0, 0.05) is 10.3 Å². The zero-order valence-corrected chi connectivity index (χ0v) is 12.9. The molecule has 1 saturated carbocycles. The fraction of sp³-hybridized carbons (Fsp3) is 0.533. The molecule has 2 heterocycles. The van der Waals surface area contributed by atoms with E-state index in [1.807, 2.05) is 11.3 Å². The van der Waals surface area contributed by atoms with Crippen LogP contribution in [0, 0.1) is 0 Å². The molecule has 2 nitrogen and oxygen atoms in total. The normalized spacial score (nSPS) is 18.6. The van der Waals surface area contributed by atoms with Gasteiger partial charge in [0.25, 0.3) is 0 Å². The fourth-order valence-electron chi connectivity index (χ4n) is 2.72. The van der Waals surface area contributed by atoms with Crippen molar-refractivity contribution in [1.82, 2.24) is 4.98 Å². The summed E-state index contributed by atoms with van der Waals surface area (Å²) in [6, 6.07) is 4.39. The van der Waals surface area contributed by atoms with Crippen LogP contribution in [0.25, 0.3) is 10.6 Å². The van der Waals surface area contributed by atoms with Gasteiger partial charge in [0.05, 0.1) is 16.1 Å². The van der Waals surface area contributed by atoms with Crippen molar-refractivity contribution in [3.63, 3.8) is 0 Å². The molecule has 0 bridgehead atoms. The minimum absolute atomic E-state index is 0.161. The van der Waals surface area contributed by atoms with Crippen LogP contribution in [0.4, 0.5) is 0 Å². The van der Waals surface area contributed by atoms with Crippen molar-refractivity contribution in [1.29, 1.82) is 0 Å². The van der Waals surface area contributed by atoms with Gasteiger partial charge < -0.3 is 5.73 Å². The first kappa shape index (κ1) is 13.3. The molecule has 102 valence electrons. The lowest BCUT2D eigenvalue weighted by Gasteiger charge is -2.31. The molecule has 0 radical (unpaired) electrons. The van der Waals surface area contributed by atoms with Crippen LogP contribution in [0.5, 0.6) is 0 Å². The molecule has 0 unspecified atom stereocenters. The minimum atomic E-state index is -0.161. The number of thiazole rings is 1. The Morgan fingerprint density at radius 2 is 2.05 bits per heavy atom. The number of hydrogen-bond acceptors (Lipinski definition) is 4. The molecule has 0 aromatic carbocycles. The van der Waals surface area contributed by atoms with E-state index in [1.54, 1.807) is 11.3 Å². The van der Waals surface area contributed by atoms with Gasteiger partial charge in [0.2, 0.25) is 0 Å². The molecule has 0 spiro atoms. The molecule has 1 aliphatic rings. The minimum Gasteiger partial charge on any atom is -0.319 e. The second-order valence-electron chi connectivity index (χ2n) is 5.37. The monoisotopic (exact) mass is 292 g/mol. The van der Waals surface area contributed by atoms with Gasteiger partial charge in [-0.2, -0.15) is 0 Å². The molecule has 1 aliphatic carbocycles. The molecule has 19 heavy (non-hydrogen) atoms. The third kappa shape index (κ3) is 2.62. The van der Waals surface area contributed by atoms with E-state index in [-0.39, 0.29) is 5.54 Å². The van der Waals surface area contributed by atoms with Crippen LogP contribution < -0.4 is 5.73 Å². The maximum absolute atomic E-state index is 6.55. The number of thiophene rings is 1. The van der Waals surface area contributed by atoms with Crippen LogP contribution >= 0.6 is 22.7 Å².